The second-order valence-corrected chi connectivity index (χ2v) is 4.66. The van der Waals surface area contributed by atoms with Crippen molar-refractivity contribution in [1.82, 2.24) is 4.90 Å². The first kappa shape index (κ1) is 15.8. The molecule has 0 aliphatic heterocycles. The number of likely N-dealkylation sites (N-methyl/N-ethyl adjacent to an activating group) is 1. The largest absolute Gasteiger partial charge is 0.335 e. The molecule has 0 aliphatic carbocycles. The van der Waals surface area contributed by atoms with Gasteiger partial charge in [-0.05, 0) is 26.3 Å². The molecular formula is C14H17FN2O3. The first-order valence-corrected chi connectivity index (χ1v) is 6.16. The SMILES string of the molecule is C=C(C)CN(CC)C(=O)c1cc([N+](=O)[O-])cc(C)c1F. The zero-order valence-electron chi connectivity index (χ0n) is 11.8. The van der Waals surface area contributed by atoms with Gasteiger partial charge in [-0.2, -0.15) is 0 Å². The summed E-state index contributed by atoms with van der Waals surface area (Å²) in [5, 5.41) is 10.8. The number of nitro benzene ring substituents is 1. The van der Waals surface area contributed by atoms with Gasteiger partial charge < -0.3 is 4.90 Å². The Hall–Kier alpha value is -2.24. The van der Waals surface area contributed by atoms with Crippen molar-refractivity contribution in [1.29, 1.82) is 0 Å². The van der Waals surface area contributed by atoms with Crippen LogP contribution in [0.3, 0.4) is 0 Å². The highest BCUT2D eigenvalue weighted by Crippen LogP contribution is 2.22. The zero-order valence-corrected chi connectivity index (χ0v) is 11.8. The van der Waals surface area contributed by atoms with E-state index in [1.165, 1.54) is 11.8 Å². The van der Waals surface area contributed by atoms with Crippen molar-refractivity contribution >= 4 is 11.6 Å². The number of aryl methyl sites for hydroxylation is 1. The summed E-state index contributed by atoms with van der Waals surface area (Å²) >= 11 is 0. The molecule has 0 unspecified atom stereocenters. The molecule has 108 valence electrons. The van der Waals surface area contributed by atoms with Crippen LogP contribution in [0.25, 0.3) is 0 Å². The first-order chi connectivity index (χ1) is 9.27. The fourth-order valence-electron chi connectivity index (χ4n) is 1.83. The molecule has 1 amide bonds. The minimum absolute atomic E-state index is 0.0777. The Labute approximate surface area is 116 Å². The molecule has 20 heavy (non-hydrogen) atoms. The van der Waals surface area contributed by atoms with E-state index >= 15 is 0 Å². The number of hydrogen-bond donors (Lipinski definition) is 0. The molecule has 0 saturated heterocycles. The van der Waals surface area contributed by atoms with Gasteiger partial charge in [0, 0.05) is 25.2 Å². The second-order valence-electron chi connectivity index (χ2n) is 4.66. The van der Waals surface area contributed by atoms with Gasteiger partial charge >= 0.3 is 0 Å². The molecule has 0 aromatic heterocycles. The predicted octanol–water partition coefficient (Wildman–Crippen LogP) is 3.08. The van der Waals surface area contributed by atoms with Crippen molar-refractivity contribution in [2.24, 2.45) is 0 Å². The highest BCUT2D eigenvalue weighted by molar-refractivity contribution is 5.95. The maximum Gasteiger partial charge on any atom is 0.270 e. The molecule has 0 spiro atoms. The molecule has 0 bridgehead atoms. The van der Waals surface area contributed by atoms with E-state index in [0.29, 0.717) is 6.54 Å². The fourth-order valence-corrected chi connectivity index (χ4v) is 1.83. The Morgan fingerprint density at radius 2 is 2.10 bits per heavy atom. The number of nitro groups is 1. The van der Waals surface area contributed by atoms with E-state index in [0.717, 1.165) is 17.7 Å². The van der Waals surface area contributed by atoms with E-state index in [1.54, 1.807) is 13.8 Å². The van der Waals surface area contributed by atoms with Gasteiger partial charge in [-0.25, -0.2) is 4.39 Å². The minimum Gasteiger partial charge on any atom is -0.335 e. The van der Waals surface area contributed by atoms with Crippen LogP contribution in [-0.4, -0.2) is 28.8 Å². The molecule has 1 rings (SSSR count). The van der Waals surface area contributed by atoms with Crippen LogP contribution in [0.15, 0.2) is 24.3 Å². The maximum atomic E-state index is 14.0. The number of hydrogen-bond acceptors (Lipinski definition) is 3. The van der Waals surface area contributed by atoms with Crippen molar-refractivity contribution in [3.8, 4) is 0 Å². The van der Waals surface area contributed by atoms with Crippen LogP contribution >= 0.6 is 0 Å². The molecule has 0 atom stereocenters. The van der Waals surface area contributed by atoms with Crippen LogP contribution in [0.5, 0.6) is 0 Å². The highest BCUT2D eigenvalue weighted by atomic mass is 19.1. The monoisotopic (exact) mass is 280 g/mol. The van der Waals surface area contributed by atoms with Gasteiger partial charge in [0.1, 0.15) is 5.82 Å². The lowest BCUT2D eigenvalue weighted by Crippen LogP contribution is -2.33. The van der Waals surface area contributed by atoms with E-state index in [9.17, 15) is 19.3 Å². The summed E-state index contributed by atoms with van der Waals surface area (Å²) in [6, 6.07) is 2.09. The van der Waals surface area contributed by atoms with Crippen molar-refractivity contribution in [2.75, 3.05) is 13.1 Å². The molecule has 0 radical (unpaired) electrons. The lowest BCUT2D eigenvalue weighted by atomic mass is 10.1. The van der Waals surface area contributed by atoms with Gasteiger partial charge in [0.25, 0.3) is 11.6 Å². The number of carbonyl (C=O) groups is 1. The summed E-state index contributed by atoms with van der Waals surface area (Å²) in [6.45, 7) is 9.27. The lowest BCUT2D eigenvalue weighted by Gasteiger charge is -2.21. The van der Waals surface area contributed by atoms with Crippen molar-refractivity contribution < 1.29 is 14.1 Å². The predicted molar refractivity (Wildman–Crippen MR) is 74.2 cm³/mol. The van der Waals surface area contributed by atoms with Gasteiger partial charge in [-0.1, -0.05) is 12.2 Å². The maximum absolute atomic E-state index is 14.0. The van der Waals surface area contributed by atoms with Gasteiger partial charge in [0.05, 0.1) is 10.5 Å². The number of halogens is 1. The molecule has 0 fully saturated rings. The summed E-state index contributed by atoms with van der Waals surface area (Å²) in [4.78, 5) is 23.8. The van der Waals surface area contributed by atoms with E-state index in [-0.39, 0.29) is 23.4 Å². The Kier molecular flexibility index (Phi) is 4.96. The normalized spacial score (nSPS) is 10.2. The third-order valence-corrected chi connectivity index (χ3v) is 2.81. The summed E-state index contributed by atoms with van der Waals surface area (Å²) in [5.74, 6) is -1.29. The Morgan fingerprint density at radius 1 is 1.50 bits per heavy atom. The second kappa shape index (κ2) is 6.27. The quantitative estimate of drug-likeness (QED) is 0.473. The molecule has 0 saturated carbocycles. The zero-order chi connectivity index (χ0) is 15.4. The molecule has 0 aliphatic rings. The summed E-state index contributed by atoms with van der Waals surface area (Å²) in [6.07, 6.45) is 0. The van der Waals surface area contributed by atoms with E-state index in [1.807, 2.05) is 0 Å². The number of nitrogens with zero attached hydrogens (tertiary/aromatic N) is 2. The summed E-state index contributed by atoms with van der Waals surface area (Å²) in [7, 11) is 0. The molecule has 1 aromatic rings. The topological polar surface area (TPSA) is 63.5 Å². The van der Waals surface area contributed by atoms with Gasteiger partial charge in [-0.3, -0.25) is 14.9 Å². The summed E-state index contributed by atoms with van der Waals surface area (Å²) < 4.78 is 14.0. The number of benzene rings is 1. The summed E-state index contributed by atoms with van der Waals surface area (Å²) in [5.41, 5.74) is 0.259. The van der Waals surface area contributed by atoms with Gasteiger partial charge in [0.2, 0.25) is 0 Å². The highest BCUT2D eigenvalue weighted by Gasteiger charge is 2.23. The molecule has 1 aromatic carbocycles. The number of rotatable bonds is 5. The van der Waals surface area contributed by atoms with Crippen molar-refractivity contribution in [3.63, 3.8) is 0 Å². The number of non-ortho nitro benzene ring substituents is 1. The fraction of sp³-hybridized carbons (Fsp3) is 0.357. The smallest absolute Gasteiger partial charge is 0.270 e. The first-order valence-electron chi connectivity index (χ1n) is 6.16. The van der Waals surface area contributed by atoms with Gasteiger partial charge in [0.15, 0.2) is 0 Å². The lowest BCUT2D eigenvalue weighted by molar-refractivity contribution is -0.385. The van der Waals surface area contributed by atoms with E-state index in [2.05, 4.69) is 6.58 Å². The number of carbonyl (C=O) groups excluding carboxylic acids is 1. The molecule has 0 heterocycles. The molecule has 6 heteroatoms. The van der Waals surface area contributed by atoms with Crippen LogP contribution in [0.1, 0.15) is 29.8 Å². The average molecular weight is 280 g/mol. The van der Waals surface area contributed by atoms with E-state index in [4.69, 9.17) is 0 Å². The van der Waals surface area contributed by atoms with Crippen LogP contribution in [0, 0.1) is 22.9 Å². The van der Waals surface area contributed by atoms with E-state index < -0.39 is 16.6 Å². The molecular weight excluding hydrogens is 263 g/mol. The Balaban J connectivity index is 3.26. The van der Waals surface area contributed by atoms with Crippen LogP contribution in [-0.2, 0) is 0 Å². The Bertz CT molecular complexity index is 570. The van der Waals surface area contributed by atoms with Crippen LogP contribution in [0.4, 0.5) is 10.1 Å². The van der Waals surface area contributed by atoms with Crippen molar-refractivity contribution in [2.45, 2.75) is 20.8 Å². The third-order valence-electron chi connectivity index (χ3n) is 2.81. The van der Waals surface area contributed by atoms with Crippen LogP contribution in [0.2, 0.25) is 0 Å². The molecule has 0 N–H and O–H groups in total. The minimum atomic E-state index is -0.722. The average Bonchev–Trinajstić information content (AvgIpc) is 2.37. The van der Waals surface area contributed by atoms with Crippen molar-refractivity contribution in [3.05, 3.63) is 51.3 Å². The Morgan fingerprint density at radius 3 is 2.55 bits per heavy atom. The number of amides is 1. The van der Waals surface area contributed by atoms with Crippen LogP contribution < -0.4 is 0 Å². The molecule has 5 nitrogen and oxygen atoms in total. The third kappa shape index (κ3) is 3.40. The van der Waals surface area contributed by atoms with Gasteiger partial charge in [-0.15, -0.1) is 0 Å². The standard InChI is InChI=1S/C14H17FN2O3/c1-5-16(8-9(2)3)14(18)12-7-11(17(19)20)6-10(4)13(12)15/h6-7H,2,5,8H2,1,3-4H3.